The number of benzene rings is 2. The highest BCUT2D eigenvalue weighted by Crippen LogP contribution is 2.77. The molecular weight excluding hydrogens is 609 g/mol. The summed E-state index contributed by atoms with van der Waals surface area (Å²) in [7, 11) is 2.96. The maximum absolute atomic E-state index is 13.6. The number of alkyl halides is 4. The Labute approximate surface area is 241 Å². The molecule has 1 N–H and O–H groups in total. The fraction of sp³-hybridized carbons (Fsp3) is 0.292. The van der Waals surface area contributed by atoms with Gasteiger partial charge in [-0.3, -0.25) is 14.4 Å². The van der Waals surface area contributed by atoms with E-state index in [1.807, 2.05) is 0 Å². The van der Waals surface area contributed by atoms with Gasteiger partial charge >= 0.3 is 0 Å². The number of fused-ring (bicyclic) bond motifs is 5. The van der Waals surface area contributed by atoms with E-state index in [1.165, 1.54) is 38.5 Å². The van der Waals surface area contributed by atoms with E-state index in [-0.39, 0.29) is 21.3 Å². The summed E-state index contributed by atoms with van der Waals surface area (Å²) in [6.45, 7) is 0. The summed E-state index contributed by atoms with van der Waals surface area (Å²) in [4.78, 5) is 37.3. The van der Waals surface area contributed by atoms with Crippen LogP contribution in [0.2, 0.25) is 0 Å². The van der Waals surface area contributed by atoms with E-state index in [4.69, 9.17) is 79.1 Å². The van der Waals surface area contributed by atoms with E-state index < -0.39 is 43.6 Å². The zero-order valence-electron chi connectivity index (χ0n) is 19.0. The van der Waals surface area contributed by atoms with Gasteiger partial charge in [0, 0.05) is 11.6 Å². The van der Waals surface area contributed by atoms with Crippen LogP contribution in [0.25, 0.3) is 0 Å². The minimum absolute atomic E-state index is 0.126. The number of imide groups is 1. The molecule has 7 nitrogen and oxygen atoms in total. The number of hydrogen-bond acceptors (Lipinski definition) is 5. The number of nitrogens with zero attached hydrogens (tertiary/aromatic N) is 1. The first-order valence-corrected chi connectivity index (χ1v) is 13.0. The molecule has 0 unspecified atom stereocenters. The Balaban J connectivity index is 1.47. The summed E-state index contributed by atoms with van der Waals surface area (Å²) in [6.07, 6.45) is 0. The Bertz CT molecular complexity index is 1370. The van der Waals surface area contributed by atoms with Crippen LogP contribution in [0, 0.1) is 11.8 Å². The molecule has 3 amide bonds. The SMILES string of the molecule is COc1ccc(NC(=O)c2cccc(N3C(=O)[C@H]4[C@H](C3=O)[C@@]3(Cl)C(Cl)=C(Cl)[C@@]4(Cl)C3(Cl)Cl)c2)c(OC)c1. The van der Waals surface area contributed by atoms with Gasteiger partial charge in [-0.15, -0.1) is 23.2 Å². The molecule has 2 bridgehead atoms. The first-order valence-electron chi connectivity index (χ1n) is 10.7. The van der Waals surface area contributed by atoms with Crippen LogP contribution in [0.4, 0.5) is 11.4 Å². The van der Waals surface area contributed by atoms with E-state index in [1.54, 1.807) is 18.2 Å². The maximum Gasteiger partial charge on any atom is 0.255 e. The number of methoxy groups -OCH3 is 2. The molecule has 2 fully saturated rings. The molecule has 2 aromatic rings. The van der Waals surface area contributed by atoms with Crippen LogP contribution < -0.4 is 19.7 Å². The summed E-state index contributed by atoms with van der Waals surface area (Å²) < 4.78 is 8.46. The average molecular weight is 625 g/mol. The van der Waals surface area contributed by atoms with Crippen molar-refractivity contribution < 1.29 is 23.9 Å². The molecule has 1 saturated heterocycles. The number of halogens is 6. The Morgan fingerprint density at radius 1 is 0.892 bits per heavy atom. The molecule has 1 aliphatic heterocycles. The van der Waals surface area contributed by atoms with E-state index in [0.717, 1.165) is 4.90 Å². The second kappa shape index (κ2) is 8.83. The van der Waals surface area contributed by atoms with Crippen LogP contribution in [0.3, 0.4) is 0 Å². The van der Waals surface area contributed by atoms with Crippen molar-refractivity contribution >= 4 is 98.7 Å². The third-order valence-corrected chi connectivity index (χ3v) is 11.2. The molecule has 3 aliphatic rings. The van der Waals surface area contributed by atoms with Gasteiger partial charge < -0.3 is 14.8 Å². The number of hydrogen-bond donors (Lipinski definition) is 1. The van der Waals surface area contributed by atoms with Gasteiger partial charge in [-0.05, 0) is 30.3 Å². The Kier molecular flexibility index (Phi) is 6.38. The molecule has 5 rings (SSSR count). The van der Waals surface area contributed by atoms with Gasteiger partial charge in [-0.25, -0.2) is 4.90 Å². The molecular formula is C24H16Cl6N2O5. The second-order valence-corrected chi connectivity index (χ2v) is 11.9. The summed E-state index contributed by atoms with van der Waals surface area (Å²) in [6, 6.07) is 10.8. The van der Waals surface area contributed by atoms with E-state index in [9.17, 15) is 14.4 Å². The van der Waals surface area contributed by atoms with Crippen LogP contribution in [0.1, 0.15) is 10.4 Å². The van der Waals surface area contributed by atoms with E-state index in [0.29, 0.717) is 17.2 Å². The Morgan fingerprint density at radius 2 is 1.49 bits per heavy atom. The Morgan fingerprint density at radius 3 is 2.03 bits per heavy atom. The fourth-order valence-corrected chi connectivity index (χ4v) is 8.06. The van der Waals surface area contributed by atoms with Crippen molar-refractivity contribution in [1.82, 2.24) is 0 Å². The van der Waals surface area contributed by atoms with Crippen LogP contribution >= 0.6 is 69.6 Å². The third kappa shape index (κ3) is 3.31. The number of carbonyl (C=O) groups is 3. The molecule has 1 heterocycles. The number of ether oxygens (including phenoxy) is 2. The molecule has 4 atom stereocenters. The molecule has 194 valence electrons. The monoisotopic (exact) mass is 622 g/mol. The quantitative estimate of drug-likeness (QED) is 0.330. The molecule has 0 aromatic heterocycles. The summed E-state index contributed by atoms with van der Waals surface area (Å²) in [5.41, 5.74) is 0.679. The molecule has 13 heteroatoms. The molecule has 37 heavy (non-hydrogen) atoms. The van der Waals surface area contributed by atoms with Crippen molar-refractivity contribution in [3.8, 4) is 11.5 Å². The van der Waals surface area contributed by atoms with Crippen LogP contribution in [0.15, 0.2) is 52.5 Å². The topological polar surface area (TPSA) is 84.9 Å². The van der Waals surface area contributed by atoms with Crippen molar-refractivity contribution in [1.29, 1.82) is 0 Å². The molecule has 2 aliphatic carbocycles. The van der Waals surface area contributed by atoms with Crippen LogP contribution in [-0.4, -0.2) is 46.0 Å². The molecule has 2 aromatic carbocycles. The van der Waals surface area contributed by atoms with Crippen molar-refractivity contribution in [3.05, 3.63) is 58.1 Å². The summed E-state index contributed by atoms with van der Waals surface area (Å²) >= 11 is 39.2. The lowest BCUT2D eigenvalue weighted by Crippen LogP contribution is -2.50. The van der Waals surface area contributed by atoms with Gasteiger partial charge in [0.2, 0.25) is 11.8 Å². The van der Waals surface area contributed by atoms with Crippen molar-refractivity contribution in [2.45, 2.75) is 14.1 Å². The highest BCUT2D eigenvalue weighted by Gasteiger charge is 2.87. The smallest absolute Gasteiger partial charge is 0.255 e. The largest absolute Gasteiger partial charge is 0.497 e. The van der Waals surface area contributed by atoms with Crippen LogP contribution in [0.5, 0.6) is 11.5 Å². The second-order valence-electron chi connectivity index (χ2n) is 8.66. The molecule has 1 saturated carbocycles. The number of anilines is 2. The Hall–Kier alpha value is -1.87. The zero-order chi connectivity index (χ0) is 27.1. The van der Waals surface area contributed by atoms with Gasteiger partial charge in [0.05, 0.1) is 47.5 Å². The minimum Gasteiger partial charge on any atom is -0.497 e. The van der Waals surface area contributed by atoms with Crippen molar-refractivity contribution in [2.75, 3.05) is 24.4 Å². The maximum atomic E-state index is 13.6. The first-order chi connectivity index (χ1) is 17.4. The highest BCUT2D eigenvalue weighted by atomic mass is 35.5. The van der Waals surface area contributed by atoms with E-state index >= 15 is 0 Å². The van der Waals surface area contributed by atoms with Gasteiger partial charge in [-0.2, -0.15) is 0 Å². The van der Waals surface area contributed by atoms with Crippen LogP contribution in [-0.2, 0) is 9.59 Å². The average Bonchev–Trinajstić information content (AvgIpc) is 3.27. The predicted octanol–water partition coefficient (Wildman–Crippen LogP) is 5.91. The summed E-state index contributed by atoms with van der Waals surface area (Å²) in [5.74, 6) is -3.56. The molecule has 0 radical (unpaired) electrons. The van der Waals surface area contributed by atoms with E-state index in [2.05, 4.69) is 5.32 Å². The van der Waals surface area contributed by atoms with Gasteiger partial charge in [0.1, 0.15) is 21.2 Å². The highest BCUT2D eigenvalue weighted by molar-refractivity contribution is 6.67. The number of nitrogens with one attached hydrogen (secondary N) is 1. The van der Waals surface area contributed by atoms with Crippen molar-refractivity contribution in [3.63, 3.8) is 0 Å². The minimum atomic E-state index is -2.02. The number of rotatable bonds is 5. The normalized spacial score (nSPS) is 29.6. The number of carbonyl (C=O) groups excluding carboxylic acids is 3. The lowest BCUT2D eigenvalue weighted by molar-refractivity contribution is -0.123. The fourth-order valence-electron chi connectivity index (χ4n) is 5.13. The lowest BCUT2D eigenvalue weighted by Gasteiger charge is -2.34. The first kappa shape index (κ1) is 26.7. The predicted molar refractivity (Wildman–Crippen MR) is 144 cm³/mol. The number of amides is 3. The van der Waals surface area contributed by atoms with Crippen molar-refractivity contribution in [2.24, 2.45) is 11.8 Å². The standard InChI is InChI=1S/C24H16Cl6N2O5/c1-36-12-6-7-13(14(9-12)37-2)31-19(33)10-4-3-5-11(8-10)32-20(34)15-16(21(32)35)23(28)18(26)17(25)22(15,27)24(23,29)30/h3-9,15-16H,1-2H3,(H,31,33)/t15-,16-,22-,23-/m1/s1. The number of allylic oxidation sites excluding steroid dienone is 2. The lowest BCUT2D eigenvalue weighted by atomic mass is 9.84. The zero-order valence-corrected chi connectivity index (χ0v) is 23.5. The molecule has 0 spiro atoms. The third-order valence-electron chi connectivity index (χ3n) is 6.93. The van der Waals surface area contributed by atoms with Gasteiger partial charge in [0.25, 0.3) is 5.91 Å². The van der Waals surface area contributed by atoms with Gasteiger partial charge in [0.15, 0.2) is 4.33 Å². The summed E-state index contributed by atoms with van der Waals surface area (Å²) in [5, 5.41) is 2.38. The van der Waals surface area contributed by atoms with Gasteiger partial charge in [-0.1, -0.05) is 52.5 Å².